The number of hydrogen-bond donors (Lipinski definition) is 2. The van der Waals surface area contributed by atoms with Crippen LogP contribution in [0.25, 0.3) is 0 Å². The first-order valence-electron chi connectivity index (χ1n) is 10.2. The fourth-order valence-corrected chi connectivity index (χ4v) is 4.29. The third-order valence-electron chi connectivity index (χ3n) is 5.76. The summed E-state index contributed by atoms with van der Waals surface area (Å²) < 4.78 is 11.1. The summed E-state index contributed by atoms with van der Waals surface area (Å²) in [6.07, 6.45) is 0. The standard InChI is InChI=1S/C23H27N3O4/c1-29-12-11-24-22(28)19-14-26(13-17-7-3-2-4-8-17)15-23(19)16-30-20-10-6-5-9-18(20)21(27)25-23/h2-10,19H,11-16H2,1H3,(H,24,28)(H,25,27)/t19-,23-/m0/s1. The molecule has 7 heteroatoms. The lowest BCUT2D eigenvalue weighted by Gasteiger charge is -2.33. The Labute approximate surface area is 176 Å². The predicted octanol–water partition coefficient (Wildman–Crippen LogP) is 1.44. The van der Waals surface area contributed by atoms with Crippen LogP contribution in [0, 0.1) is 5.92 Å². The Bertz CT molecular complexity index is 904. The topological polar surface area (TPSA) is 79.9 Å². The van der Waals surface area contributed by atoms with Crippen molar-refractivity contribution in [2.24, 2.45) is 5.92 Å². The van der Waals surface area contributed by atoms with Crippen LogP contribution in [0.15, 0.2) is 54.6 Å². The number of para-hydroxylation sites is 1. The van der Waals surface area contributed by atoms with E-state index in [4.69, 9.17) is 9.47 Å². The van der Waals surface area contributed by atoms with Crippen molar-refractivity contribution in [2.75, 3.05) is 40.0 Å². The van der Waals surface area contributed by atoms with Crippen molar-refractivity contribution in [2.45, 2.75) is 12.1 Å². The summed E-state index contributed by atoms with van der Waals surface area (Å²) in [7, 11) is 1.60. The number of amides is 2. The van der Waals surface area contributed by atoms with Crippen LogP contribution >= 0.6 is 0 Å². The quantitative estimate of drug-likeness (QED) is 0.706. The molecule has 0 unspecified atom stereocenters. The number of likely N-dealkylation sites (tertiary alicyclic amines) is 1. The second kappa shape index (κ2) is 8.85. The molecular formula is C23H27N3O4. The maximum atomic E-state index is 13.1. The minimum absolute atomic E-state index is 0.0996. The van der Waals surface area contributed by atoms with E-state index in [0.29, 0.717) is 44.1 Å². The first kappa shape index (κ1) is 20.4. The molecule has 7 nitrogen and oxygen atoms in total. The Kier molecular flexibility index (Phi) is 6.01. The van der Waals surface area contributed by atoms with Gasteiger partial charge >= 0.3 is 0 Å². The molecule has 158 valence electrons. The Morgan fingerprint density at radius 1 is 1.23 bits per heavy atom. The van der Waals surface area contributed by atoms with Gasteiger partial charge in [-0.2, -0.15) is 0 Å². The molecule has 2 atom stereocenters. The van der Waals surface area contributed by atoms with Crippen molar-refractivity contribution in [3.05, 3.63) is 65.7 Å². The van der Waals surface area contributed by atoms with Crippen LogP contribution in [0.5, 0.6) is 5.75 Å². The highest BCUT2D eigenvalue weighted by Crippen LogP contribution is 2.34. The lowest BCUT2D eigenvalue weighted by atomic mass is 9.86. The number of benzene rings is 2. The Morgan fingerprint density at radius 3 is 2.80 bits per heavy atom. The zero-order chi connectivity index (χ0) is 21.0. The number of carbonyl (C=O) groups is 2. The molecule has 0 aromatic heterocycles. The van der Waals surface area contributed by atoms with Gasteiger partial charge in [0, 0.05) is 33.3 Å². The number of carbonyl (C=O) groups excluding carboxylic acids is 2. The molecule has 0 bridgehead atoms. The number of hydrogen-bond acceptors (Lipinski definition) is 5. The second-order valence-corrected chi connectivity index (χ2v) is 7.89. The van der Waals surface area contributed by atoms with E-state index in [0.717, 1.165) is 5.56 Å². The highest BCUT2D eigenvalue weighted by Gasteiger charge is 2.53. The van der Waals surface area contributed by atoms with Crippen molar-refractivity contribution in [1.82, 2.24) is 15.5 Å². The van der Waals surface area contributed by atoms with Gasteiger partial charge in [-0.1, -0.05) is 42.5 Å². The van der Waals surface area contributed by atoms with Crippen LogP contribution in [-0.4, -0.2) is 62.2 Å². The van der Waals surface area contributed by atoms with Crippen molar-refractivity contribution in [1.29, 1.82) is 0 Å². The molecule has 1 fully saturated rings. The molecule has 4 rings (SSSR count). The third-order valence-corrected chi connectivity index (χ3v) is 5.76. The zero-order valence-corrected chi connectivity index (χ0v) is 17.1. The number of methoxy groups -OCH3 is 1. The monoisotopic (exact) mass is 409 g/mol. The van der Waals surface area contributed by atoms with Crippen molar-refractivity contribution in [3.63, 3.8) is 0 Å². The molecule has 0 radical (unpaired) electrons. The van der Waals surface area contributed by atoms with E-state index in [1.54, 1.807) is 19.2 Å². The van der Waals surface area contributed by atoms with E-state index < -0.39 is 11.5 Å². The van der Waals surface area contributed by atoms with Crippen LogP contribution in [0.3, 0.4) is 0 Å². The first-order chi connectivity index (χ1) is 14.6. The molecule has 1 saturated heterocycles. The van der Waals surface area contributed by atoms with Gasteiger partial charge < -0.3 is 20.1 Å². The van der Waals surface area contributed by atoms with Crippen LogP contribution in [0.4, 0.5) is 0 Å². The molecule has 2 aromatic rings. The van der Waals surface area contributed by atoms with E-state index in [2.05, 4.69) is 27.7 Å². The maximum Gasteiger partial charge on any atom is 0.255 e. The summed E-state index contributed by atoms with van der Waals surface area (Å²) in [6.45, 7) is 2.87. The van der Waals surface area contributed by atoms with Gasteiger partial charge in [0.25, 0.3) is 5.91 Å². The molecule has 30 heavy (non-hydrogen) atoms. The highest BCUT2D eigenvalue weighted by molar-refractivity contribution is 5.98. The van der Waals surface area contributed by atoms with Crippen LogP contribution < -0.4 is 15.4 Å². The van der Waals surface area contributed by atoms with E-state index in [1.165, 1.54) is 0 Å². The largest absolute Gasteiger partial charge is 0.490 e. The van der Waals surface area contributed by atoms with E-state index in [9.17, 15) is 9.59 Å². The van der Waals surface area contributed by atoms with Crippen LogP contribution in [0.1, 0.15) is 15.9 Å². The van der Waals surface area contributed by atoms with Gasteiger partial charge in [-0.3, -0.25) is 14.5 Å². The Hall–Kier alpha value is -2.90. The van der Waals surface area contributed by atoms with Crippen molar-refractivity contribution in [3.8, 4) is 5.75 Å². The fourth-order valence-electron chi connectivity index (χ4n) is 4.29. The van der Waals surface area contributed by atoms with Crippen LogP contribution in [0.2, 0.25) is 0 Å². The van der Waals surface area contributed by atoms with E-state index in [-0.39, 0.29) is 18.4 Å². The number of fused-ring (bicyclic) bond motifs is 1. The lowest BCUT2D eigenvalue weighted by molar-refractivity contribution is -0.126. The molecule has 0 aliphatic carbocycles. The van der Waals surface area contributed by atoms with Gasteiger partial charge in [-0.05, 0) is 17.7 Å². The lowest BCUT2D eigenvalue weighted by Crippen LogP contribution is -2.60. The summed E-state index contributed by atoms with van der Waals surface area (Å²) in [4.78, 5) is 28.3. The molecule has 2 aliphatic rings. The molecule has 2 aliphatic heterocycles. The van der Waals surface area contributed by atoms with Gasteiger partial charge in [0.2, 0.25) is 5.91 Å². The van der Waals surface area contributed by atoms with Gasteiger partial charge in [-0.15, -0.1) is 0 Å². The maximum absolute atomic E-state index is 13.1. The molecular weight excluding hydrogens is 382 g/mol. The van der Waals surface area contributed by atoms with Gasteiger partial charge in [0.1, 0.15) is 12.4 Å². The average molecular weight is 409 g/mol. The molecule has 2 aromatic carbocycles. The molecule has 1 spiro atoms. The average Bonchev–Trinajstić information content (AvgIpc) is 3.03. The fraction of sp³-hybridized carbons (Fsp3) is 0.391. The first-order valence-corrected chi connectivity index (χ1v) is 10.2. The Balaban J connectivity index is 1.59. The Morgan fingerprint density at radius 2 is 2.00 bits per heavy atom. The number of ether oxygens (including phenoxy) is 2. The smallest absolute Gasteiger partial charge is 0.255 e. The van der Waals surface area contributed by atoms with E-state index in [1.807, 2.05) is 30.3 Å². The summed E-state index contributed by atoms with van der Waals surface area (Å²) in [5.41, 5.74) is 0.855. The zero-order valence-electron chi connectivity index (χ0n) is 17.1. The number of rotatable bonds is 6. The summed E-state index contributed by atoms with van der Waals surface area (Å²) in [5, 5.41) is 6.09. The van der Waals surface area contributed by atoms with Crippen LogP contribution in [-0.2, 0) is 16.1 Å². The van der Waals surface area contributed by atoms with Gasteiger partial charge in [-0.25, -0.2) is 0 Å². The molecule has 0 saturated carbocycles. The highest BCUT2D eigenvalue weighted by atomic mass is 16.5. The van der Waals surface area contributed by atoms with Crippen molar-refractivity contribution < 1.29 is 19.1 Å². The summed E-state index contributed by atoms with van der Waals surface area (Å²) >= 11 is 0. The third kappa shape index (κ3) is 4.17. The molecule has 2 heterocycles. The van der Waals surface area contributed by atoms with E-state index >= 15 is 0 Å². The summed E-state index contributed by atoms with van der Waals surface area (Å²) in [5.74, 6) is -0.194. The SMILES string of the molecule is COCCNC(=O)[C@@H]1CN(Cc2ccccc2)C[C@]12COc1ccccc1C(=O)N2. The second-order valence-electron chi connectivity index (χ2n) is 7.89. The van der Waals surface area contributed by atoms with Crippen molar-refractivity contribution >= 4 is 11.8 Å². The molecule has 2 N–H and O–H groups in total. The van der Waals surface area contributed by atoms with Gasteiger partial charge in [0.05, 0.1) is 23.6 Å². The minimum atomic E-state index is -0.804. The van der Waals surface area contributed by atoms with Gasteiger partial charge in [0.15, 0.2) is 0 Å². The normalized spacial score (nSPS) is 23.4. The predicted molar refractivity (Wildman–Crippen MR) is 112 cm³/mol. The number of nitrogens with zero attached hydrogens (tertiary/aromatic N) is 1. The number of nitrogens with one attached hydrogen (secondary N) is 2. The molecule has 2 amide bonds. The minimum Gasteiger partial charge on any atom is -0.490 e. The summed E-state index contributed by atoms with van der Waals surface area (Å²) in [6, 6.07) is 17.3.